The average molecular weight is 184 g/mol. The lowest BCUT2D eigenvalue weighted by Crippen LogP contribution is -2.42. The van der Waals surface area contributed by atoms with Gasteiger partial charge in [-0.3, -0.25) is 0 Å². The molecule has 0 aliphatic heterocycles. The van der Waals surface area contributed by atoms with Crippen LogP contribution in [0.1, 0.15) is 25.7 Å². The van der Waals surface area contributed by atoms with Gasteiger partial charge in [-0.25, -0.2) is 0 Å². The van der Waals surface area contributed by atoms with Gasteiger partial charge in [0.05, 0.1) is 0 Å². The summed E-state index contributed by atoms with van der Waals surface area (Å²) < 4.78 is 0. The third-order valence-electron chi connectivity index (χ3n) is 3.16. The molecular formula is C11H24N2. The molecule has 78 valence electrons. The van der Waals surface area contributed by atoms with Crippen LogP contribution in [-0.4, -0.2) is 50.6 Å². The van der Waals surface area contributed by atoms with Gasteiger partial charge in [-0.05, 0) is 47.0 Å². The number of likely N-dealkylation sites (N-methyl/N-ethyl adjacent to an activating group) is 2. The van der Waals surface area contributed by atoms with Crippen molar-refractivity contribution in [2.24, 2.45) is 5.92 Å². The van der Waals surface area contributed by atoms with Crippen molar-refractivity contribution >= 4 is 0 Å². The van der Waals surface area contributed by atoms with Crippen LogP contribution < -0.4 is 0 Å². The van der Waals surface area contributed by atoms with Gasteiger partial charge in [-0.2, -0.15) is 0 Å². The van der Waals surface area contributed by atoms with Gasteiger partial charge in [0.25, 0.3) is 0 Å². The van der Waals surface area contributed by atoms with Crippen molar-refractivity contribution in [3.63, 3.8) is 0 Å². The van der Waals surface area contributed by atoms with E-state index in [2.05, 4.69) is 38.0 Å². The Balaban J connectivity index is 2.45. The maximum absolute atomic E-state index is 2.40. The van der Waals surface area contributed by atoms with Crippen molar-refractivity contribution in [2.75, 3.05) is 34.7 Å². The van der Waals surface area contributed by atoms with Crippen molar-refractivity contribution in [1.29, 1.82) is 0 Å². The molecule has 0 bridgehead atoms. The van der Waals surface area contributed by atoms with Crippen LogP contribution in [0.15, 0.2) is 0 Å². The highest BCUT2D eigenvalue weighted by Gasteiger charge is 2.26. The van der Waals surface area contributed by atoms with E-state index >= 15 is 0 Å². The van der Waals surface area contributed by atoms with Crippen molar-refractivity contribution in [1.82, 2.24) is 9.80 Å². The topological polar surface area (TPSA) is 6.48 Å². The molecule has 1 atom stereocenters. The minimum Gasteiger partial charge on any atom is -0.308 e. The smallest absolute Gasteiger partial charge is 0.0245 e. The normalized spacial score (nSPS) is 21.7. The van der Waals surface area contributed by atoms with Crippen LogP contribution in [0, 0.1) is 5.92 Å². The number of hydrogen-bond donors (Lipinski definition) is 0. The Morgan fingerprint density at radius 2 is 1.62 bits per heavy atom. The van der Waals surface area contributed by atoms with Crippen LogP contribution >= 0.6 is 0 Å². The fourth-order valence-corrected chi connectivity index (χ4v) is 2.45. The Hall–Kier alpha value is -0.0800. The zero-order chi connectivity index (χ0) is 9.84. The van der Waals surface area contributed by atoms with E-state index in [-0.39, 0.29) is 0 Å². The van der Waals surface area contributed by atoms with E-state index in [1.54, 1.807) is 0 Å². The Bertz CT molecular complexity index is 137. The van der Waals surface area contributed by atoms with E-state index in [4.69, 9.17) is 0 Å². The second-order valence-electron chi connectivity index (χ2n) is 4.84. The minimum absolute atomic E-state index is 0.762. The zero-order valence-corrected chi connectivity index (χ0v) is 9.58. The van der Waals surface area contributed by atoms with Crippen molar-refractivity contribution in [3.05, 3.63) is 0 Å². The molecule has 1 aliphatic carbocycles. The predicted octanol–water partition coefficient (Wildman–Crippen LogP) is 1.67. The molecule has 1 unspecified atom stereocenters. The Labute approximate surface area is 82.9 Å². The van der Waals surface area contributed by atoms with E-state index in [1.165, 1.54) is 32.2 Å². The van der Waals surface area contributed by atoms with Crippen molar-refractivity contribution in [2.45, 2.75) is 31.7 Å². The molecule has 1 saturated carbocycles. The summed E-state index contributed by atoms with van der Waals surface area (Å²) in [6.07, 6.45) is 5.78. The maximum Gasteiger partial charge on any atom is 0.0245 e. The first kappa shape index (κ1) is 11.0. The van der Waals surface area contributed by atoms with Crippen LogP contribution in [-0.2, 0) is 0 Å². The third-order valence-corrected chi connectivity index (χ3v) is 3.16. The molecule has 0 saturated heterocycles. The molecule has 0 N–H and O–H groups in total. The molecule has 0 aromatic rings. The summed E-state index contributed by atoms with van der Waals surface area (Å²) in [5.74, 6) is 0.942. The van der Waals surface area contributed by atoms with Gasteiger partial charge in [0, 0.05) is 12.6 Å². The molecule has 0 aromatic heterocycles. The average Bonchev–Trinajstić information content (AvgIpc) is 2.50. The molecule has 1 aliphatic rings. The quantitative estimate of drug-likeness (QED) is 0.656. The summed E-state index contributed by atoms with van der Waals surface area (Å²) >= 11 is 0. The minimum atomic E-state index is 0.762. The van der Waals surface area contributed by atoms with Crippen LogP contribution in [0.2, 0.25) is 0 Å². The molecule has 0 amide bonds. The maximum atomic E-state index is 2.40. The van der Waals surface area contributed by atoms with Crippen LogP contribution in [0.5, 0.6) is 0 Å². The summed E-state index contributed by atoms with van der Waals surface area (Å²) in [6, 6.07) is 0.762. The van der Waals surface area contributed by atoms with Gasteiger partial charge >= 0.3 is 0 Å². The molecule has 0 aromatic carbocycles. The molecule has 2 nitrogen and oxygen atoms in total. The van der Waals surface area contributed by atoms with Gasteiger partial charge < -0.3 is 9.80 Å². The molecule has 13 heavy (non-hydrogen) atoms. The largest absolute Gasteiger partial charge is 0.308 e. The number of hydrogen-bond acceptors (Lipinski definition) is 2. The molecule has 0 heterocycles. The van der Waals surface area contributed by atoms with E-state index in [1.807, 2.05) is 0 Å². The number of nitrogens with zero attached hydrogens (tertiary/aromatic N) is 2. The summed E-state index contributed by atoms with van der Waals surface area (Å²) in [5.41, 5.74) is 0. The van der Waals surface area contributed by atoms with Gasteiger partial charge in [-0.1, -0.05) is 12.8 Å². The molecule has 2 heteroatoms. The highest BCUT2D eigenvalue weighted by molar-refractivity contribution is 4.81. The zero-order valence-electron chi connectivity index (χ0n) is 9.58. The summed E-state index contributed by atoms with van der Waals surface area (Å²) in [6.45, 7) is 1.21. The highest BCUT2D eigenvalue weighted by atomic mass is 15.2. The van der Waals surface area contributed by atoms with Gasteiger partial charge in [0.2, 0.25) is 0 Å². The van der Waals surface area contributed by atoms with E-state index < -0.39 is 0 Å². The van der Waals surface area contributed by atoms with E-state index in [9.17, 15) is 0 Å². The Morgan fingerprint density at radius 1 is 1.08 bits per heavy atom. The summed E-state index contributed by atoms with van der Waals surface area (Å²) in [7, 11) is 8.77. The SMILES string of the molecule is CN(C)CC(C1CCCC1)N(C)C. The lowest BCUT2D eigenvalue weighted by molar-refractivity contribution is 0.167. The van der Waals surface area contributed by atoms with Gasteiger partial charge in [0.15, 0.2) is 0 Å². The second kappa shape index (κ2) is 4.97. The number of rotatable bonds is 4. The summed E-state index contributed by atoms with van der Waals surface area (Å²) in [4.78, 5) is 4.71. The van der Waals surface area contributed by atoms with E-state index in [0.29, 0.717) is 0 Å². The molecular weight excluding hydrogens is 160 g/mol. The van der Waals surface area contributed by atoms with E-state index in [0.717, 1.165) is 12.0 Å². The van der Waals surface area contributed by atoms with Crippen LogP contribution in [0.3, 0.4) is 0 Å². The van der Waals surface area contributed by atoms with Crippen LogP contribution in [0.4, 0.5) is 0 Å². The lowest BCUT2D eigenvalue weighted by Gasteiger charge is -2.32. The monoisotopic (exact) mass is 184 g/mol. The van der Waals surface area contributed by atoms with Gasteiger partial charge in [-0.15, -0.1) is 0 Å². The first-order valence-electron chi connectivity index (χ1n) is 5.42. The Kier molecular flexibility index (Phi) is 4.20. The first-order valence-corrected chi connectivity index (χ1v) is 5.42. The molecule has 0 radical (unpaired) electrons. The van der Waals surface area contributed by atoms with Gasteiger partial charge in [0.1, 0.15) is 0 Å². The lowest BCUT2D eigenvalue weighted by atomic mass is 9.97. The molecule has 0 spiro atoms. The molecule has 1 fully saturated rings. The Morgan fingerprint density at radius 3 is 2.00 bits per heavy atom. The van der Waals surface area contributed by atoms with Crippen LogP contribution in [0.25, 0.3) is 0 Å². The fourth-order valence-electron chi connectivity index (χ4n) is 2.45. The predicted molar refractivity (Wildman–Crippen MR) is 58.0 cm³/mol. The third kappa shape index (κ3) is 3.28. The highest BCUT2D eigenvalue weighted by Crippen LogP contribution is 2.29. The standard InChI is InChI=1S/C11H24N2/c1-12(2)9-11(13(3)4)10-7-5-6-8-10/h10-11H,5-9H2,1-4H3. The first-order chi connectivity index (χ1) is 6.11. The van der Waals surface area contributed by atoms with Crippen molar-refractivity contribution < 1.29 is 0 Å². The second-order valence-corrected chi connectivity index (χ2v) is 4.84. The van der Waals surface area contributed by atoms with Crippen molar-refractivity contribution in [3.8, 4) is 0 Å². The molecule has 1 rings (SSSR count). The summed E-state index contributed by atoms with van der Waals surface area (Å²) in [5, 5.41) is 0. The fraction of sp³-hybridized carbons (Fsp3) is 1.00.